The fraction of sp³-hybridized carbons (Fsp3) is 0.889. The molecule has 0 heterocycles. The van der Waals surface area contributed by atoms with E-state index in [0.29, 0.717) is 17.8 Å². The molecule has 5 heteroatoms. The maximum absolute atomic E-state index is 12.6. The molecule has 0 aromatic heterocycles. The Kier molecular flexibility index (Phi) is 5.94. The van der Waals surface area contributed by atoms with Gasteiger partial charge >= 0.3 is 5.97 Å². The quantitative estimate of drug-likeness (QED) is 0.255. The summed E-state index contributed by atoms with van der Waals surface area (Å²) >= 11 is 0. The molecule has 0 saturated heterocycles. The van der Waals surface area contributed by atoms with Crippen LogP contribution in [0.3, 0.4) is 0 Å². The number of hydrogen-bond donors (Lipinski definition) is 0. The van der Waals surface area contributed by atoms with Gasteiger partial charge in [0, 0.05) is 30.8 Å². The molecule has 0 N–H and O–H groups in total. The van der Waals surface area contributed by atoms with Crippen LogP contribution < -0.4 is 0 Å². The van der Waals surface area contributed by atoms with Gasteiger partial charge in [-0.2, -0.15) is 0 Å². The van der Waals surface area contributed by atoms with Crippen molar-refractivity contribution in [3.05, 3.63) is 11.6 Å². The topological polar surface area (TPSA) is 44.8 Å². The van der Waals surface area contributed by atoms with Crippen molar-refractivity contribution in [3.63, 3.8) is 0 Å². The molecule has 0 aliphatic heterocycles. The van der Waals surface area contributed by atoms with E-state index in [1.54, 1.807) is 12.5 Å². The number of carbonyl (C=O) groups is 1. The van der Waals surface area contributed by atoms with Crippen LogP contribution in [-0.2, 0) is 18.7 Å². The zero-order valence-electron chi connectivity index (χ0n) is 21.0. The number of hydrogen-bond acceptors (Lipinski definition) is 4. The van der Waals surface area contributed by atoms with Crippen molar-refractivity contribution in [2.45, 2.75) is 116 Å². The number of allylic oxidation sites excluding steroid dienone is 1. The lowest BCUT2D eigenvalue weighted by Crippen LogP contribution is -2.60. The van der Waals surface area contributed by atoms with E-state index in [-0.39, 0.29) is 35.1 Å². The minimum Gasteiger partial charge on any atom is -0.461 e. The highest BCUT2D eigenvalue weighted by atomic mass is 28.4. The summed E-state index contributed by atoms with van der Waals surface area (Å²) in [4.78, 5) is 12.6. The summed E-state index contributed by atoms with van der Waals surface area (Å²) in [6, 6.07) is 3.53. The second-order valence-electron chi connectivity index (χ2n) is 11.5. The summed E-state index contributed by atoms with van der Waals surface area (Å²) < 4.78 is 20.1. The minimum absolute atomic E-state index is 0.0322. The van der Waals surface area contributed by atoms with Gasteiger partial charge in [0.05, 0.1) is 12.2 Å². The number of fused-ring (bicyclic) bond motifs is 2. The van der Waals surface area contributed by atoms with Crippen LogP contribution >= 0.6 is 0 Å². The summed E-state index contributed by atoms with van der Waals surface area (Å²) in [7, 11) is 0.0610. The lowest BCUT2D eigenvalue weighted by atomic mass is 9.60. The van der Waals surface area contributed by atoms with Crippen LogP contribution in [0.4, 0.5) is 0 Å². The van der Waals surface area contributed by atoms with Gasteiger partial charge in [0.15, 0.2) is 8.32 Å². The molecule has 2 bridgehead atoms. The third-order valence-corrected chi connectivity index (χ3v) is 15.5. The van der Waals surface area contributed by atoms with E-state index in [0.717, 1.165) is 19.3 Å². The normalized spacial score (nSPS) is 44.6. The smallest absolute Gasteiger partial charge is 0.302 e. The van der Waals surface area contributed by atoms with Gasteiger partial charge in [0.25, 0.3) is 0 Å². The van der Waals surface area contributed by atoms with Gasteiger partial charge in [-0.15, -0.1) is 0 Å². The molecule has 180 valence electrons. The van der Waals surface area contributed by atoms with Crippen molar-refractivity contribution in [2.24, 2.45) is 28.6 Å². The van der Waals surface area contributed by atoms with Gasteiger partial charge in [-0.25, -0.2) is 0 Å². The van der Waals surface area contributed by atoms with Crippen LogP contribution in [-0.4, -0.2) is 39.7 Å². The first-order valence-electron chi connectivity index (χ1n) is 13.5. The lowest BCUT2D eigenvalue weighted by molar-refractivity contribution is -0.190. The maximum Gasteiger partial charge on any atom is 0.302 e. The summed E-state index contributed by atoms with van der Waals surface area (Å²) in [6.07, 6.45) is 12.6. The molecule has 4 nitrogen and oxygen atoms in total. The Morgan fingerprint density at radius 3 is 2.47 bits per heavy atom. The average Bonchev–Trinajstić information content (AvgIpc) is 3.55. The summed E-state index contributed by atoms with van der Waals surface area (Å²) in [5, 5.41) is 0. The Bertz CT molecular complexity index is 767. The molecule has 8 atom stereocenters. The predicted octanol–water partition coefficient (Wildman–Crippen LogP) is 6.26. The van der Waals surface area contributed by atoms with Crippen LogP contribution in [0.5, 0.6) is 0 Å². The number of methoxy groups -OCH3 is 1. The van der Waals surface area contributed by atoms with Gasteiger partial charge in [-0.1, -0.05) is 38.8 Å². The molecule has 4 fully saturated rings. The Labute approximate surface area is 196 Å². The van der Waals surface area contributed by atoms with E-state index in [4.69, 9.17) is 13.9 Å². The van der Waals surface area contributed by atoms with Crippen molar-refractivity contribution in [2.75, 3.05) is 7.11 Å². The van der Waals surface area contributed by atoms with Crippen LogP contribution in [0.2, 0.25) is 18.1 Å². The van der Waals surface area contributed by atoms with E-state index in [9.17, 15) is 4.79 Å². The highest BCUT2D eigenvalue weighted by molar-refractivity contribution is 6.73. The second kappa shape index (κ2) is 8.23. The van der Waals surface area contributed by atoms with Crippen molar-refractivity contribution in [1.29, 1.82) is 0 Å². The standard InChI is InChI=1S/C27H44O4Si/c1-6-32(7-2,8-3)31-24-20-12-9-11-19(20)17-22-21-14-16-27(22,24)25(30-18(4)28)26(21)15-10-13-23(26)29-5/h17,20-25H,6-16H2,1-5H3/t20-,21-,22-,23-,24-,25+,26-,27-/m0/s1. The molecule has 0 aromatic carbocycles. The molecule has 5 aliphatic carbocycles. The van der Waals surface area contributed by atoms with Gasteiger partial charge in [-0.3, -0.25) is 4.79 Å². The molecule has 32 heavy (non-hydrogen) atoms. The van der Waals surface area contributed by atoms with E-state index in [1.807, 2.05) is 7.11 Å². The molecular weight excluding hydrogens is 416 g/mol. The van der Waals surface area contributed by atoms with Gasteiger partial charge in [0.2, 0.25) is 0 Å². The number of rotatable bonds is 7. The molecule has 4 saturated carbocycles. The van der Waals surface area contributed by atoms with E-state index in [1.165, 1.54) is 50.2 Å². The van der Waals surface area contributed by atoms with Gasteiger partial charge in [-0.05, 0) is 74.9 Å². The van der Waals surface area contributed by atoms with Crippen LogP contribution in [0, 0.1) is 28.6 Å². The van der Waals surface area contributed by atoms with Gasteiger partial charge < -0.3 is 13.9 Å². The minimum atomic E-state index is -1.81. The highest BCUT2D eigenvalue weighted by Gasteiger charge is 2.78. The van der Waals surface area contributed by atoms with Crippen molar-refractivity contribution in [1.82, 2.24) is 0 Å². The van der Waals surface area contributed by atoms with Crippen LogP contribution in [0.25, 0.3) is 0 Å². The number of ether oxygens (including phenoxy) is 2. The third-order valence-electron chi connectivity index (χ3n) is 10.9. The lowest BCUT2D eigenvalue weighted by Gasteiger charge is -2.54. The Balaban J connectivity index is 1.67. The molecular formula is C27H44O4Si. The van der Waals surface area contributed by atoms with Crippen molar-refractivity contribution in [3.8, 4) is 0 Å². The first-order valence-corrected chi connectivity index (χ1v) is 16.0. The van der Waals surface area contributed by atoms with Gasteiger partial charge in [0.1, 0.15) is 6.10 Å². The predicted molar refractivity (Wildman–Crippen MR) is 129 cm³/mol. The highest BCUT2D eigenvalue weighted by Crippen LogP contribution is 2.76. The molecule has 1 spiro atoms. The summed E-state index contributed by atoms with van der Waals surface area (Å²) in [5.74, 6) is 1.44. The molecule has 0 aromatic rings. The molecule has 0 amide bonds. The summed E-state index contributed by atoms with van der Waals surface area (Å²) in [5.41, 5.74) is 1.57. The second-order valence-corrected chi connectivity index (χ2v) is 16.2. The van der Waals surface area contributed by atoms with E-state index >= 15 is 0 Å². The molecule has 0 radical (unpaired) electrons. The molecule has 5 aliphatic rings. The first-order chi connectivity index (χ1) is 15.4. The van der Waals surface area contributed by atoms with Crippen LogP contribution in [0.15, 0.2) is 11.6 Å². The third kappa shape index (κ3) is 2.89. The number of esters is 1. The SMILES string of the molecule is CC[Si](CC)(CC)O[C@H]1[C@H]2CCCC2=C[C@H]2[C@@H]3CC[C@]21[C@H](OC(C)=O)[C@@]31CCC[C@@H]1OC. The van der Waals surface area contributed by atoms with Crippen molar-refractivity contribution < 1.29 is 18.7 Å². The fourth-order valence-corrected chi connectivity index (χ4v) is 12.4. The number of carbonyl (C=O) groups excluding carboxylic acids is 1. The molecule has 0 unspecified atom stereocenters. The van der Waals surface area contributed by atoms with E-state index in [2.05, 4.69) is 26.8 Å². The Morgan fingerprint density at radius 2 is 1.81 bits per heavy atom. The zero-order valence-corrected chi connectivity index (χ0v) is 22.0. The Hall–Kier alpha value is -0.653. The monoisotopic (exact) mass is 460 g/mol. The zero-order chi connectivity index (χ0) is 22.7. The van der Waals surface area contributed by atoms with E-state index < -0.39 is 8.32 Å². The van der Waals surface area contributed by atoms with Crippen molar-refractivity contribution >= 4 is 14.3 Å². The molecule has 5 rings (SSSR count). The summed E-state index contributed by atoms with van der Waals surface area (Å²) in [6.45, 7) is 8.65. The van der Waals surface area contributed by atoms with Crippen LogP contribution in [0.1, 0.15) is 79.1 Å². The first kappa shape index (κ1) is 23.1. The Morgan fingerprint density at radius 1 is 1.06 bits per heavy atom. The largest absolute Gasteiger partial charge is 0.461 e. The fourth-order valence-electron chi connectivity index (χ4n) is 9.47. The maximum atomic E-state index is 12.6. The average molecular weight is 461 g/mol.